The minimum atomic E-state index is -0.861. The maximum absolute atomic E-state index is 12.7. The SMILES string of the molecule is Cc1ccc(NC(=O)[C@H]2[C@H](C(=O)O)[C@H]3C=C[C@@H]2C32CC2)nc1. The van der Waals surface area contributed by atoms with E-state index in [0.717, 1.165) is 18.4 Å². The third-order valence-electron chi connectivity index (χ3n) is 5.59. The summed E-state index contributed by atoms with van der Waals surface area (Å²) in [6, 6.07) is 3.62. The van der Waals surface area contributed by atoms with Crippen LogP contribution in [0.4, 0.5) is 5.82 Å². The van der Waals surface area contributed by atoms with Crippen molar-refractivity contribution in [2.24, 2.45) is 29.1 Å². The number of carbonyl (C=O) groups excluding carboxylic acids is 1. The van der Waals surface area contributed by atoms with E-state index in [1.54, 1.807) is 12.3 Å². The van der Waals surface area contributed by atoms with Crippen molar-refractivity contribution < 1.29 is 14.7 Å². The van der Waals surface area contributed by atoms with Crippen molar-refractivity contribution in [3.8, 4) is 0 Å². The Bertz CT molecular complexity index is 676. The number of aliphatic carboxylic acids is 1. The summed E-state index contributed by atoms with van der Waals surface area (Å²) in [5.74, 6) is -1.62. The number of nitrogens with zero attached hydrogens (tertiary/aromatic N) is 1. The number of carbonyl (C=O) groups is 2. The molecular weight excluding hydrogens is 280 g/mol. The molecule has 1 spiro atoms. The number of aryl methyl sites for hydroxylation is 1. The third-order valence-corrected chi connectivity index (χ3v) is 5.59. The van der Waals surface area contributed by atoms with Gasteiger partial charge in [-0.3, -0.25) is 9.59 Å². The number of pyridine rings is 1. The van der Waals surface area contributed by atoms with Crippen molar-refractivity contribution in [3.05, 3.63) is 36.0 Å². The number of carboxylic acid groups (broad SMARTS) is 1. The molecule has 0 aliphatic heterocycles. The molecule has 0 aromatic carbocycles. The second-order valence-corrected chi connectivity index (χ2v) is 6.77. The van der Waals surface area contributed by atoms with Crippen molar-refractivity contribution in [3.63, 3.8) is 0 Å². The largest absolute Gasteiger partial charge is 0.481 e. The summed E-state index contributed by atoms with van der Waals surface area (Å²) in [5, 5.41) is 12.4. The van der Waals surface area contributed by atoms with Crippen LogP contribution in [-0.2, 0) is 9.59 Å². The van der Waals surface area contributed by atoms with Crippen LogP contribution in [0.15, 0.2) is 30.5 Å². The van der Waals surface area contributed by atoms with Crippen molar-refractivity contribution >= 4 is 17.7 Å². The Kier molecular flexibility index (Phi) is 2.71. The second kappa shape index (κ2) is 4.41. The highest BCUT2D eigenvalue weighted by Gasteiger charge is 2.70. The van der Waals surface area contributed by atoms with Gasteiger partial charge in [0.15, 0.2) is 0 Å². The summed E-state index contributed by atoms with van der Waals surface area (Å²) in [6.07, 6.45) is 7.83. The summed E-state index contributed by atoms with van der Waals surface area (Å²) in [6.45, 7) is 1.93. The molecule has 2 bridgehead atoms. The number of aromatic nitrogens is 1. The predicted molar refractivity (Wildman–Crippen MR) is 80.0 cm³/mol. The molecule has 0 radical (unpaired) electrons. The number of hydrogen-bond donors (Lipinski definition) is 2. The number of rotatable bonds is 3. The highest BCUT2D eigenvalue weighted by atomic mass is 16.4. The predicted octanol–water partition coefficient (Wildman–Crippen LogP) is 2.24. The second-order valence-electron chi connectivity index (χ2n) is 6.77. The van der Waals surface area contributed by atoms with Crippen molar-refractivity contribution in [1.29, 1.82) is 0 Å². The van der Waals surface area contributed by atoms with Crippen LogP contribution in [0.2, 0.25) is 0 Å². The first kappa shape index (κ1) is 13.5. The number of nitrogens with one attached hydrogen (secondary N) is 1. The minimum Gasteiger partial charge on any atom is -0.481 e. The van der Waals surface area contributed by atoms with E-state index in [2.05, 4.69) is 16.4 Å². The molecular formula is C17H18N2O3. The average Bonchev–Trinajstić information content (AvgIpc) is 3.15. The molecule has 2 N–H and O–H groups in total. The van der Waals surface area contributed by atoms with E-state index < -0.39 is 17.8 Å². The number of hydrogen-bond acceptors (Lipinski definition) is 3. The highest BCUT2D eigenvalue weighted by Crippen LogP contribution is 2.72. The third kappa shape index (κ3) is 1.74. The van der Waals surface area contributed by atoms with E-state index >= 15 is 0 Å². The topological polar surface area (TPSA) is 79.3 Å². The Labute approximate surface area is 128 Å². The van der Waals surface area contributed by atoms with Gasteiger partial charge in [-0.15, -0.1) is 0 Å². The van der Waals surface area contributed by atoms with Gasteiger partial charge in [0.05, 0.1) is 11.8 Å². The molecule has 3 aliphatic rings. The first-order valence-corrected chi connectivity index (χ1v) is 7.67. The fourth-order valence-corrected chi connectivity index (χ4v) is 4.44. The van der Waals surface area contributed by atoms with Gasteiger partial charge < -0.3 is 10.4 Å². The van der Waals surface area contributed by atoms with Crippen LogP contribution in [0.5, 0.6) is 0 Å². The van der Waals surface area contributed by atoms with E-state index in [9.17, 15) is 14.7 Å². The number of anilines is 1. The molecule has 4 atom stereocenters. The normalized spacial score (nSPS) is 33.1. The number of carboxylic acids is 1. The lowest BCUT2D eigenvalue weighted by Gasteiger charge is -2.23. The van der Waals surface area contributed by atoms with Crippen LogP contribution in [0.25, 0.3) is 0 Å². The molecule has 4 rings (SSSR count). The summed E-state index contributed by atoms with van der Waals surface area (Å²) in [7, 11) is 0. The Morgan fingerprint density at radius 3 is 2.45 bits per heavy atom. The molecule has 22 heavy (non-hydrogen) atoms. The van der Waals surface area contributed by atoms with Gasteiger partial charge in [-0.05, 0) is 48.6 Å². The standard InChI is InChI=1S/C17H18N2O3/c1-9-2-5-12(18-8-9)19-15(20)13-10-3-4-11(14(13)16(21)22)17(10)6-7-17/h2-5,8,10-11,13-14H,6-7H2,1H3,(H,21,22)(H,18,19,20)/t10-,11+,13+,14+/m0/s1. The van der Waals surface area contributed by atoms with E-state index in [4.69, 9.17) is 0 Å². The molecule has 2 fully saturated rings. The van der Waals surface area contributed by atoms with Gasteiger partial charge >= 0.3 is 5.97 Å². The van der Waals surface area contributed by atoms with Crippen LogP contribution in [0.1, 0.15) is 18.4 Å². The summed E-state index contributed by atoms with van der Waals surface area (Å²) in [5.41, 5.74) is 1.06. The van der Waals surface area contributed by atoms with Gasteiger partial charge in [0.2, 0.25) is 5.91 Å². The lowest BCUT2D eigenvalue weighted by Crippen LogP contribution is -2.36. The first-order chi connectivity index (χ1) is 10.5. The van der Waals surface area contributed by atoms with E-state index in [-0.39, 0.29) is 23.2 Å². The molecule has 0 saturated heterocycles. The monoisotopic (exact) mass is 298 g/mol. The Morgan fingerprint density at radius 1 is 1.23 bits per heavy atom. The van der Waals surface area contributed by atoms with E-state index in [1.807, 2.05) is 19.1 Å². The first-order valence-electron chi connectivity index (χ1n) is 7.67. The Balaban J connectivity index is 1.60. The lowest BCUT2D eigenvalue weighted by atomic mass is 9.82. The van der Waals surface area contributed by atoms with Crippen molar-refractivity contribution in [2.75, 3.05) is 5.32 Å². The Hall–Kier alpha value is -2.17. The molecule has 1 aromatic heterocycles. The zero-order valence-corrected chi connectivity index (χ0v) is 12.3. The van der Waals surface area contributed by atoms with Gasteiger partial charge in [0.25, 0.3) is 0 Å². The Morgan fingerprint density at radius 2 is 1.91 bits per heavy atom. The van der Waals surface area contributed by atoms with Crippen molar-refractivity contribution in [2.45, 2.75) is 19.8 Å². The summed E-state index contributed by atoms with van der Waals surface area (Å²) >= 11 is 0. The maximum Gasteiger partial charge on any atom is 0.307 e. The molecule has 114 valence electrons. The van der Waals surface area contributed by atoms with Crippen LogP contribution in [0.3, 0.4) is 0 Å². The molecule has 1 amide bonds. The van der Waals surface area contributed by atoms with Crippen molar-refractivity contribution in [1.82, 2.24) is 4.98 Å². The molecule has 5 nitrogen and oxygen atoms in total. The fraction of sp³-hybridized carbons (Fsp3) is 0.471. The van der Waals surface area contributed by atoms with Gasteiger partial charge in [-0.1, -0.05) is 18.2 Å². The zero-order valence-electron chi connectivity index (χ0n) is 12.3. The fourth-order valence-electron chi connectivity index (χ4n) is 4.44. The molecule has 1 heterocycles. The van der Waals surface area contributed by atoms with Crippen LogP contribution in [-0.4, -0.2) is 22.0 Å². The quantitative estimate of drug-likeness (QED) is 0.839. The van der Waals surface area contributed by atoms with Crippen LogP contribution < -0.4 is 5.32 Å². The minimum absolute atomic E-state index is 0.0109. The van der Waals surface area contributed by atoms with Crippen LogP contribution >= 0.6 is 0 Å². The van der Waals surface area contributed by atoms with E-state index in [1.165, 1.54) is 0 Å². The number of allylic oxidation sites excluding steroid dienone is 2. The average molecular weight is 298 g/mol. The smallest absolute Gasteiger partial charge is 0.307 e. The molecule has 5 heteroatoms. The lowest BCUT2D eigenvalue weighted by molar-refractivity contribution is -0.146. The zero-order chi connectivity index (χ0) is 15.5. The van der Waals surface area contributed by atoms with Gasteiger partial charge in [0, 0.05) is 6.20 Å². The highest BCUT2D eigenvalue weighted by molar-refractivity contribution is 5.96. The van der Waals surface area contributed by atoms with Gasteiger partial charge in [-0.2, -0.15) is 0 Å². The van der Waals surface area contributed by atoms with Gasteiger partial charge in [0.1, 0.15) is 5.82 Å². The van der Waals surface area contributed by atoms with Crippen LogP contribution in [0, 0.1) is 36.0 Å². The van der Waals surface area contributed by atoms with Gasteiger partial charge in [-0.25, -0.2) is 4.98 Å². The van der Waals surface area contributed by atoms with E-state index in [0.29, 0.717) is 5.82 Å². The summed E-state index contributed by atoms with van der Waals surface area (Å²) < 4.78 is 0. The molecule has 3 aliphatic carbocycles. The molecule has 0 unspecified atom stereocenters. The maximum atomic E-state index is 12.7. The molecule has 2 saturated carbocycles. The number of amides is 1. The summed E-state index contributed by atoms with van der Waals surface area (Å²) in [4.78, 5) is 28.5. The molecule has 1 aromatic rings.